The third-order valence-corrected chi connectivity index (χ3v) is 2.22. The summed E-state index contributed by atoms with van der Waals surface area (Å²) < 4.78 is 36.7. The van der Waals surface area contributed by atoms with E-state index in [0.29, 0.717) is 6.54 Å². The summed E-state index contributed by atoms with van der Waals surface area (Å²) >= 11 is 0. The summed E-state index contributed by atoms with van der Waals surface area (Å²) in [5, 5.41) is 0. The van der Waals surface area contributed by atoms with Crippen LogP contribution in [0.2, 0.25) is 0 Å². The Labute approximate surface area is 93.8 Å². The Bertz CT molecular complexity index is 229. The van der Waals surface area contributed by atoms with Gasteiger partial charge in [0.15, 0.2) is 0 Å². The maximum absolute atomic E-state index is 12.2. The molecule has 96 valence electrons. The fourth-order valence-corrected chi connectivity index (χ4v) is 1.25. The molecular formula is C10H19F3N2O. The Morgan fingerprint density at radius 2 is 1.81 bits per heavy atom. The van der Waals surface area contributed by atoms with E-state index in [1.54, 1.807) is 20.8 Å². The van der Waals surface area contributed by atoms with Crippen LogP contribution in [0.25, 0.3) is 0 Å². The number of amides is 1. The highest BCUT2D eigenvalue weighted by molar-refractivity contribution is 5.76. The van der Waals surface area contributed by atoms with Gasteiger partial charge in [-0.15, -0.1) is 0 Å². The molecule has 0 rings (SSSR count). The summed E-state index contributed by atoms with van der Waals surface area (Å²) in [5.41, 5.74) is 5.33. The lowest BCUT2D eigenvalue weighted by Crippen LogP contribution is -2.44. The van der Waals surface area contributed by atoms with E-state index in [-0.39, 0.29) is 12.3 Å². The summed E-state index contributed by atoms with van der Waals surface area (Å²) in [4.78, 5) is 12.4. The number of alkyl halides is 3. The molecule has 0 aliphatic carbocycles. The molecule has 0 bridgehead atoms. The zero-order valence-corrected chi connectivity index (χ0v) is 9.84. The molecule has 0 aliphatic heterocycles. The molecule has 0 aromatic rings. The van der Waals surface area contributed by atoms with E-state index < -0.39 is 24.7 Å². The van der Waals surface area contributed by atoms with Crippen LogP contribution in [0.15, 0.2) is 0 Å². The van der Waals surface area contributed by atoms with Crippen LogP contribution in [0.5, 0.6) is 0 Å². The van der Waals surface area contributed by atoms with Crippen LogP contribution in [-0.2, 0) is 4.79 Å². The topological polar surface area (TPSA) is 46.3 Å². The first-order valence-electron chi connectivity index (χ1n) is 5.23. The number of carbonyl (C=O) groups excluding carboxylic acids is 1. The summed E-state index contributed by atoms with van der Waals surface area (Å²) in [5.74, 6) is -0.591. The number of hydrogen-bond donors (Lipinski definition) is 1. The van der Waals surface area contributed by atoms with E-state index >= 15 is 0 Å². The molecule has 0 fully saturated rings. The minimum absolute atomic E-state index is 0.0603. The molecule has 0 aromatic carbocycles. The lowest BCUT2D eigenvalue weighted by Gasteiger charge is -2.28. The smallest absolute Gasteiger partial charge is 0.331 e. The Morgan fingerprint density at radius 1 is 1.31 bits per heavy atom. The first-order valence-corrected chi connectivity index (χ1v) is 5.23. The highest BCUT2D eigenvalue weighted by atomic mass is 19.4. The van der Waals surface area contributed by atoms with Crippen LogP contribution in [-0.4, -0.2) is 36.1 Å². The van der Waals surface area contributed by atoms with Crippen LogP contribution >= 0.6 is 0 Å². The normalized spacial score (nSPS) is 14.0. The van der Waals surface area contributed by atoms with E-state index in [9.17, 15) is 18.0 Å². The quantitative estimate of drug-likeness (QED) is 0.796. The van der Waals surface area contributed by atoms with Crippen molar-refractivity contribution in [1.82, 2.24) is 4.90 Å². The molecule has 1 amide bonds. The van der Waals surface area contributed by atoms with Gasteiger partial charge in [0.1, 0.15) is 6.54 Å². The van der Waals surface area contributed by atoms with Crippen molar-refractivity contribution in [3.8, 4) is 0 Å². The molecule has 0 aliphatic rings. The number of halogens is 3. The molecule has 2 N–H and O–H groups in total. The minimum atomic E-state index is -4.36. The Morgan fingerprint density at radius 3 is 2.12 bits per heavy atom. The van der Waals surface area contributed by atoms with Gasteiger partial charge in [0.05, 0.1) is 0 Å². The Hall–Kier alpha value is -0.780. The molecule has 0 aromatic heterocycles. The summed E-state index contributed by atoms with van der Waals surface area (Å²) in [7, 11) is 0. The third-order valence-electron chi connectivity index (χ3n) is 2.22. The fourth-order valence-electron chi connectivity index (χ4n) is 1.25. The van der Waals surface area contributed by atoms with Crippen LogP contribution < -0.4 is 5.73 Å². The van der Waals surface area contributed by atoms with Gasteiger partial charge in [-0.05, 0) is 26.3 Å². The predicted molar refractivity (Wildman–Crippen MR) is 55.7 cm³/mol. The molecule has 0 saturated heterocycles. The molecule has 1 atom stereocenters. The average Bonchev–Trinajstić information content (AvgIpc) is 2.12. The van der Waals surface area contributed by atoms with Crippen LogP contribution in [0.4, 0.5) is 13.2 Å². The van der Waals surface area contributed by atoms with Crippen LogP contribution in [0, 0.1) is 5.92 Å². The van der Waals surface area contributed by atoms with E-state index in [1.165, 1.54) is 0 Å². The maximum Gasteiger partial charge on any atom is 0.406 e. The van der Waals surface area contributed by atoms with Gasteiger partial charge in [-0.2, -0.15) is 13.2 Å². The van der Waals surface area contributed by atoms with Crippen molar-refractivity contribution in [3.05, 3.63) is 0 Å². The van der Waals surface area contributed by atoms with E-state index in [1.807, 2.05) is 0 Å². The minimum Gasteiger partial charge on any atom is -0.331 e. The van der Waals surface area contributed by atoms with E-state index in [0.717, 1.165) is 4.90 Å². The molecule has 0 spiro atoms. The van der Waals surface area contributed by atoms with Crippen molar-refractivity contribution in [3.63, 3.8) is 0 Å². The fraction of sp³-hybridized carbons (Fsp3) is 0.900. The third kappa shape index (κ3) is 5.95. The van der Waals surface area contributed by atoms with Gasteiger partial charge in [-0.1, -0.05) is 6.92 Å². The Balaban J connectivity index is 4.48. The number of nitrogens with two attached hydrogens (primary N) is 1. The molecule has 3 nitrogen and oxygen atoms in total. The second-order valence-corrected chi connectivity index (χ2v) is 4.28. The first kappa shape index (κ1) is 15.2. The molecule has 1 unspecified atom stereocenters. The lowest BCUT2D eigenvalue weighted by atomic mass is 10.1. The predicted octanol–water partition coefficient (Wildman–Crippen LogP) is 1.77. The zero-order chi connectivity index (χ0) is 12.9. The van der Waals surface area contributed by atoms with Crippen molar-refractivity contribution in [2.24, 2.45) is 11.7 Å². The van der Waals surface area contributed by atoms with Crippen molar-refractivity contribution < 1.29 is 18.0 Å². The summed E-state index contributed by atoms with van der Waals surface area (Å²) in [6, 6.07) is -0.459. The molecule has 0 radical (unpaired) electrons. The number of carbonyl (C=O) groups is 1. The van der Waals surface area contributed by atoms with Crippen molar-refractivity contribution in [1.29, 1.82) is 0 Å². The van der Waals surface area contributed by atoms with Crippen LogP contribution in [0.1, 0.15) is 27.2 Å². The second-order valence-electron chi connectivity index (χ2n) is 4.28. The molecule has 16 heavy (non-hydrogen) atoms. The van der Waals surface area contributed by atoms with Crippen molar-refractivity contribution in [2.75, 3.05) is 13.1 Å². The SMILES string of the molecule is CC(CN)CC(=O)N(CC(F)(F)F)C(C)C. The van der Waals surface area contributed by atoms with E-state index in [4.69, 9.17) is 5.73 Å². The monoisotopic (exact) mass is 240 g/mol. The van der Waals surface area contributed by atoms with Gasteiger partial charge < -0.3 is 10.6 Å². The van der Waals surface area contributed by atoms with Gasteiger partial charge >= 0.3 is 6.18 Å². The van der Waals surface area contributed by atoms with Crippen molar-refractivity contribution >= 4 is 5.91 Å². The van der Waals surface area contributed by atoms with Gasteiger partial charge in [-0.3, -0.25) is 4.79 Å². The summed E-state index contributed by atoms with van der Waals surface area (Å²) in [6.45, 7) is 3.97. The second kappa shape index (κ2) is 6.08. The molecule has 0 heterocycles. The lowest BCUT2D eigenvalue weighted by molar-refractivity contribution is -0.165. The molecule has 6 heteroatoms. The van der Waals surface area contributed by atoms with Crippen LogP contribution in [0.3, 0.4) is 0 Å². The number of rotatable bonds is 5. The van der Waals surface area contributed by atoms with Gasteiger partial charge in [0, 0.05) is 12.5 Å². The number of hydrogen-bond acceptors (Lipinski definition) is 2. The average molecular weight is 240 g/mol. The maximum atomic E-state index is 12.2. The largest absolute Gasteiger partial charge is 0.406 e. The first-order chi connectivity index (χ1) is 7.17. The zero-order valence-electron chi connectivity index (χ0n) is 9.84. The standard InChI is InChI=1S/C10H19F3N2O/c1-7(2)15(6-10(11,12)13)9(16)4-8(3)5-14/h7-8H,4-6,14H2,1-3H3. The van der Waals surface area contributed by atoms with Crippen molar-refractivity contribution in [2.45, 2.75) is 39.4 Å². The van der Waals surface area contributed by atoms with E-state index in [2.05, 4.69) is 0 Å². The van der Waals surface area contributed by atoms with Gasteiger partial charge in [0.2, 0.25) is 5.91 Å². The van der Waals surface area contributed by atoms with Gasteiger partial charge in [-0.25, -0.2) is 0 Å². The van der Waals surface area contributed by atoms with Gasteiger partial charge in [0.25, 0.3) is 0 Å². The molecule has 0 saturated carbocycles. The molecular weight excluding hydrogens is 221 g/mol. The highest BCUT2D eigenvalue weighted by Gasteiger charge is 2.34. The Kier molecular flexibility index (Phi) is 5.78. The summed E-state index contributed by atoms with van der Waals surface area (Å²) in [6.07, 6.45) is -4.29. The highest BCUT2D eigenvalue weighted by Crippen LogP contribution is 2.19. The number of nitrogens with zero attached hydrogens (tertiary/aromatic N) is 1.